The zero-order chi connectivity index (χ0) is 3.41. The van der Waals surface area contributed by atoms with E-state index in [9.17, 15) is 0 Å². The maximum absolute atomic E-state index is 3.77. The Morgan fingerprint density at radius 1 is 2.00 bits per heavy atom. The van der Waals surface area contributed by atoms with Crippen LogP contribution in [0.2, 0.25) is 0 Å². The van der Waals surface area contributed by atoms with Gasteiger partial charge in [0.05, 0.1) is 0 Å². The molecule has 0 amide bonds. The highest BCUT2D eigenvalue weighted by Crippen LogP contribution is 1.75. The van der Waals surface area contributed by atoms with Crippen LogP contribution in [-0.4, -0.2) is 12.6 Å². The monoisotopic (exact) mass is 91.0 g/mol. The number of hydrogen-bond donors (Lipinski definition) is 1. The van der Waals surface area contributed by atoms with E-state index in [1.165, 1.54) is 0 Å². The van der Waals surface area contributed by atoms with Gasteiger partial charge in [-0.05, 0) is 0 Å². The molecule has 0 aromatic carbocycles. The molecule has 0 aromatic rings. The van der Waals surface area contributed by atoms with E-state index < -0.39 is 0 Å². The molecule has 1 unspecified atom stereocenters. The topological polar surface area (TPSA) is 0 Å². The number of hydrogen-bond acceptors (Lipinski definition) is 1. The van der Waals surface area contributed by atoms with E-state index >= 15 is 0 Å². The Bertz CT molecular complexity index is 10.0. The molecule has 0 saturated carbocycles. The summed E-state index contributed by atoms with van der Waals surface area (Å²) in [4.78, 5) is 0. The van der Waals surface area contributed by atoms with Crippen LogP contribution in [0.5, 0.6) is 0 Å². The lowest BCUT2D eigenvalue weighted by Gasteiger charge is -1.63. The van der Waals surface area contributed by atoms with E-state index in [1.54, 1.807) is 6.56 Å². The molecule has 0 N–H and O–H groups in total. The molecule has 1 atom stereocenters. The second-order valence-corrected chi connectivity index (χ2v) is 1.25. The standard InChI is InChI=1S/CH5BPS/c3-1-2-4/h4H,1,3H2. The highest BCUT2D eigenvalue weighted by atomic mass is 32.1. The molecule has 0 aliphatic heterocycles. The van der Waals surface area contributed by atoms with Crippen molar-refractivity contribution >= 4 is 28.3 Å². The maximum Gasteiger partial charge on any atom is 0.191 e. The lowest BCUT2D eigenvalue weighted by atomic mass is 10.2. The van der Waals surface area contributed by atoms with Crippen molar-refractivity contribution in [1.29, 1.82) is 0 Å². The normalized spacial score (nSPS) is 6.50. The quantitative estimate of drug-likeness (QED) is 0.269. The molecule has 0 aliphatic carbocycles. The summed E-state index contributed by atoms with van der Waals surface area (Å²) in [6.45, 7) is 1.78. The van der Waals surface area contributed by atoms with Crippen LogP contribution in [0, 0.1) is 0 Å². The first-order valence-electron chi connectivity index (χ1n) is 1.07. The first-order valence-corrected chi connectivity index (χ1v) is 2.41. The number of rotatable bonds is 1. The van der Waals surface area contributed by atoms with Crippen molar-refractivity contribution in [1.82, 2.24) is 0 Å². The predicted molar refractivity (Wildman–Crippen MR) is 29.3 cm³/mol. The largest absolute Gasteiger partial charge is 0.234 e. The van der Waals surface area contributed by atoms with Crippen molar-refractivity contribution in [2.24, 2.45) is 0 Å². The van der Waals surface area contributed by atoms with Crippen molar-refractivity contribution < 1.29 is 0 Å². The number of thiol groups is 1. The van der Waals surface area contributed by atoms with Crippen LogP contribution in [0.1, 0.15) is 0 Å². The van der Waals surface area contributed by atoms with Gasteiger partial charge >= 0.3 is 0 Å². The molecule has 4 heavy (non-hydrogen) atoms. The van der Waals surface area contributed by atoms with Crippen LogP contribution in [0.15, 0.2) is 0 Å². The minimum Gasteiger partial charge on any atom is -0.234 e. The Morgan fingerprint density at radius 3 is 2.25 bits per heavy atom. The van der Waals surface area contributed by atoms with Gasteiger partial charge in [-0.25, -0.2) is 12.5 Å². The molecule has 0 heterocycles. The summed E-state index contributed by atoms with van der Waals surface area (Å²) >= 11 is 3.77. The summed E-state index contributed by atoms with van der Waals surface area (Å²) < 4.78 is 0. The van der Waals surface area contributed by atoms with Gasteiger partial charge in [-0.1, -0.05) is 6.06 Å². The minimum absolute atomic E-state index is 0.975. The maximum atomic E-state index is 3.77. The van der Waals surface area contributed by atoms with E-state index in [0.29, 0.717) is 0 Å². The summed E-state index contributed by atoms with van der Waals surface area (Å²) in [6, 6.07) is 0.975. The van der Waals surface area contributed by atoms with Gasteiger partial charge < -0.3 is 0 Å². The fraction of sp³-hybridized carbons (Fsp3) is 1.00. The zero-order valence-electron chi connectivity index (χ0n) is 2.31. The molecule has 0 aliphatic rings. The summed E-state index contributed by atoms with van der Waals surface area (Å²) in [5.74, 6) is 0. The fourth-order valence-electron chi connectivity index (χ4n) is 0. The van der Waals surface area contributed by atoms with E-state index in [1.807, 2.05) is 0 Å². The summed E-state index contributed by atoms with van der Waals surface area (Å²) in [5.41, 5.74) is 0. The first-order chi connectivity index (χ1) is 1.91. The van der Waals surface area contributed by atoms with Gasteiger partial charge in [-0.15, -0.1) is 9.24 Å². The Balaban J connectivity index is 1.97. The highest BCUT2D eigenvalue weighted by Gasteiger charge is 1.63. The lowest BCUT2D eigenvalue weighted by Crippen LogP contribution is -1.70. The third-order valence-electron chi connectivity index (χ3n) is 0.105. The van der Waals surface area contributed by atoms with E-state index in [0.717, 1.165) is 6.06 Å². The molecule has 0 spiro atoms. The van der Waals surface area contributed by atoms with Crippen LogP contribution in [0.3, 0.4) is 0 Å². The average Bonchev–Trinajstić information content (AvgIpc) is 1.37. The molecule has 3 heteroatoms. The third-order valence-corrected chi connectivity index (χ3v) is 0.949. The van der Waals surface area contributed by atoms with Crippen LogP contribution < -0.4 is 0 Å². The zero-order valence-corrected chi connectivity index (χ0v) is 4.36. The molecular weight excluding hydrogens is 85.9 g/mol. The van der Waals surface area contributed by atoms with Crippen molar-refractivity contribution in [3.63, 3.8) is 0 Å². The highest BCUT2D eigenvalue weighted by molar-refractivity contribution is 8.07. The van der Waals surface area contributed by atoms with Gasteiger partial charge in [0.25, 0.3) is 0 Å². The molecule has 0 rings (SSSR count). The van der Waals surface area contributed by atoms with Gasteiger partial charge in [0, 0.05) is 0 Å². The smallest absolute Gasteiger partial charge is 0.191 e. The Hall–Kier alpha value is 0.845. The molecule has 1 radical (unpaired) electrons. The van der Waals surface area contributed by atoms with Crippen LogP contribution in [0.4, 0.5) is 0 Å². The average molecular weight is 90.9 g/mol. The Morgan fingerprint density at radius 2 is 2.25 bits per heavy atom. The molecule has 23 valence electrons. The van der Waals surface area contributed by atoms with Crippen LogP contribution >= 0.6 is 21.7 Å². The SMILES string of the molecule is PC[B]S. The van der Waals surface area contributed by atoms with E-state index in [2.05, 4.69) is 21.7 Å². The minimum atomic E-state index is 0.975. The van der Waals surface area contributed by atoms with E-state index in [4.69, 9.17) is 0 Å². The fourth-order valence-corrected chi connectivity index (χ4v) is 0. The van der Waals surface area contributed by atoms with Gasteiger partial charge in [-0.2, -0.15) is 0 Å². The van der Waals surface area contributed by atoms with Crippen molar-refractivity contribution in [3.05, 3.63) is 0 Å². The molecule has 0 saturated heterocycles. The summed E-state index contributed by atoms with van der Waals surface area (Å²) in [6.07, 6.45) is 0. The second kappa shape index (κ2) is 3.84. The summed E-state index contributed by atoms with van der Waals surface area (Å²) in [7, 11) is 2.52. The van der Waals surface area contributed by atoms with Crippen LogP contribution in [0.25, 0.3) is 0 Å². The summed E-state index contributed by atoms with van der Waals surface area (Å²) in [5, 5.41) is 0. The molecule has 0 fully saturated rings. The molecule has 0 nitrogen and oxygen atoms in total. The molecule has 0 aromatic heterocycles. The first kappa shape index (κ1) is 4.84. The Labute approximate surface area is 35.1 Å². The van der Waals surface area contributed by atoms with Crippen molar-refractivity contribution in [3.8, 4) is 0 Å². The molecule has 0 bridgehead atoms. The van der Waals surface area contributed by atoms with Gasteiger partial charge in [-0.3, -0.25) is 0 Å². The van der Waals surface area contributed by atoms with Crippen LogP contribution in [-0.2, 0) is 0 Å². The Kier molecular flexibility index (Phi) is 4.66. The van der Waals surface area contributed by atoms with Gasteiger partial charge in [0.1, 0.15) is 0 Å². The van der Waals surface area contributed by atoms with Crippen molar-refractivity contribution in [2.75, 3.05) is 6.06 Å². The van der Waals surface area contributed by atoms with E-state index in [-0.39, 0.29) is 0 Å². The second-order valence-electron chi connectivity index (χ2n) is 0.418. The van der Waals surface area contributed by atoms with Gasteiger partial charge in [0.2, 0.25) is 0 Å². The van der Waals surface area contributed by atoms with Crippen molar-refractivity contribution in [2.45, 2.75) is 0 Å². The lowest BCUT2D eigenvalue weighted by molar-refractivity contribution is 2.24. The third kappa shape index (κ3) is 2.84. The van der Waals surface area contributed by atoms with Gasteiger partial charge in [0.15, 0.2) is 6.56 Å². The molecular formula is CH5BPS. The predicted octanol–water partition coefficient (Wildman–Crippen LogP) is 0.368.